The van der Waals surface area contributed by atoms with E-state index in [1.807, 2.05) is 12.3 Å². The van der Waals surface area contributed by atoms with Crippen molar-refractivity contribution in [1.82, 2.24) is 19.4 Å². The summed E-state index contributed by atoms with van der Waals surface area (Å²) >= 11 is 0. The van der Waals surface area contributed by atoms with Crippen molar-refractivity contribution in [3.8, 4) is 22.8 Å². The fraction of sp³-hybridized carbons (Fsp3) is 0.429. The summed E-state index contributed by atoms with van der Waals surface area (Å²) in [6.45, 7) is 6.57. The molecule has 0 atom stereocenters. The fourth-order valence-electron chi connectivity index (χ4n) is 3.83. The Morgan fingerprint density at radius 1 is 1.00 bits per heavy atom. The van der Waals surface area contributed by atoms with Gasteiger partial charge in [0, 0.05) is 74.4 Å². The maximum atomic E-state index is 5.54. The van der Waals surface area contributed by atoms with Crippen LogP contribution in [0.15, 0.2) is 36.7 Å². The summed E-state index contributed by atoms with van der Waals surface area (Å²) in [5.41, 5.74) is 3.48. The summed E-state index contributed by atoms with van der Waals surface area (Å²) in [7, 11) is 5.56. The molecule has 1 aliphatic rings. The maximum Gasteiger partial charge on any atom is 0.162 e. The molecule has 1 N–H and O–H groups in total. The zero-order valence-electron chi connectivity index (χ0n) is 16.4. The van der Waals surface area contributed by atoms with Crippen molar-refractivity contribution in [3.05, 3.63) is 36.7 Å². The van der Waals surface area contributed by atoms with Crippen LogP contribution in [0.3, 0.4) is 0 Å². The van der Waals surface area contributed by atoms with Crippen molar-refractivity contribution < 1.29 is 9.47 Å². The van der Waals surface area contributed by atoms with Crippen molar-refractivity contribution in [2.75, 3.05) is 54.0 Å². The van der Waals surface area contributed by atoms with Gasteiger partial charge in [0.2, 0.25) is 0 Å². The molecule has 1 aliphatic heterocycles. The molecule has 27 heavy (non-hydrogen) atoms. The minimum atomic E-state index is 0.759. The predicted octanol–water partition coefficient (Wildman–Crippen LogP) is 2.90. The molecule has 0 unspecified atom stereocenters. The standard InChI is InChI=1S/C21H28N4O2/c1-23-7-9-24(10-8-23)11-12-25-15-17(18-5-4-6-22-18)16-13-20(26-2)21(27-3)14-19(16)25/h4-6,13-15,22H,7-12H2,1-3H3. The second-order valence-corrected chi connectivity index (χ2v) is 7.19. The van der Waals surface area contributed by atoms with Gasteiger partial charge in [-0.15, -0.1) is 0 Å². The van der Waals surface area contributed by atoms with Crippen LogP contribution in [0.4, 0.5) is 0 Å². The molecule has 3 heterocycles. The van der Waals surface area contributed by atoms with Crippen LogP contribution in [0.1, 0.15) is 0 Å². The van der Waals surface area contributed by atoms with Crippen molar-refractivity contribution in [2.24, 2.45) is 0 Å². The number of nitrogens with zero attached hydrogens (tertiary/aromatic N) is 3. The average molecular weight is 368 g/mol. The van der Waals surface area contributed by atoms with E-state index >= 15 is 0 Å². The molecule has 6 nitrogen and oxygen atoms in total. The van der Waals surface area contributed by atoms with Gasteiger partial charge in [0.15, 0.2) is 11.5 Å². The maximum absolute atomic E-state index is 5.54. The molecule has 0 amide bonds. The van der Waals surface area contributed by atoms with Gasteiger partial charge in [-0.2, -0.15) is 0 Å². The van der Waals surface area contributed by atoms with Gasteiger partial charge in [0.05, 0.1) is 19.7 Å². The molecule has 6 heteroatoms. The first-order valence-electron chi connectivity index (χ1n) is 9.49. The lowest BCUT2D eigenvalue weighted by atomic mass is 10.1. The Bertz CT molecular complexity index is 893. The van der Waals surface area contributed by atoms with Gasteiger partial charge in [-0.1, -0.05) is 0 Å². The number of fused-ring (bicyclic) bond motifs is 1. The fourth-order valence-corrected chi connectivity index (χ4v) is 3.83. The summed E-state index contributed by atoms with van der Waals surface area (Å²) in [5.74, 6) is 1.52. The van der Waals surface area contributed by atoms with E-state index < -0.39 is 0 Å². The van der Waals surface area contributed by atoms with Gasteiger partial charge in [-0.3, -0.25) is 4.90 Å². The Morgan fingerprint density at radius 3 is 2.41 bits per heavy atom. The number of aromatic nitrogens is 2. The second kappa shape index (κ2) is 7.66. The Hall–Kier alpha value is -2.44. The number of H-pyrrole nitrogens is 1. The van der Waals surface area contributed by atoms with Gasteiger partial charge in [-0.25, -0.2) is 0 Å². The highest BCUT2D eigenvalue weighted by molar-refractivity contribution is 5.97. The van der Waals surface area contributed by atoms with Crippen molar-refractivity contribution in [3.63, 3.8) is 0 Å². The van der Waals surface area contributed by atoms with E-state index in [-0.39, 0.29) is 0 Å². The molecule has 1 fully saturated rings. The third kappa shape index (κ3) is 3.55. The van der Waals surface area contributed by atoms with E-state index in [0.717, 1.165) is 56.5 Å². The number of piperazine rings is 1. The number of likely N-dealkylation sites (N-methyl/N-ethyl adjacent to an activating group) is 1. The van der Waals surface area contributed by atoms with Gasteiger partial charge in [0.25, 0.3) is 0 Å². The van der Waals surface area contributed by atoms with E-state index in [4.69, 9.17) is 9.47 Å². The molecule has 0 aliphatic carbocycles. The average Bonchev–Trinajstić information content (AvgIpc) is 3.34. The summed E-state index contributed by atoms with van der Waals surface area (Å²) in [5, 5.41) is 1.17. The van der Waals surface area contributed by atoms with E-state index in [1.165, 1.54) is 16.5 Å². The van der Waals surface area contributed by atoms with Crippen molar-refractivity contribution >= 4 is 10.9 Å². The number of aromatic amines is 1. The van der Waals surface area contributed by atoms with Gasteiger partial charge < -0.3 is 23.9 Å². The van der Waals surface area contributed by atoms with Crippen LogP contribution >= 0.6 is 0 Å². The molecular weight excluding hydrogens is 340 g/mol. The minimum Gasteiger partial charge on any atom is -0.493 e. The van der Waals surface area contributed by atoms with Crippen LogP contribution in [-0.2, 0) is 6.54 Å². The van der Waals surface area contributed by atoms with E-state index in [2.05, 4.69) is 50.8 Å². The molecule has 3 aromatic rings. The monoisotopic (exact) mass is 368 g/mol. The van der Waals surface area contributed by atoms with Crippen LogP contribution < -0.4 is 9.47 Å². The molecule has 4 rings (SSSR count). The second-order valence-electron chi connectivity index (χ2n) is 7.19. The summed E-state index contributed by atoms with van der Waals surface area (Å²) in [6, 6.07) is 8.31. The lowest BCUT2D eigenvalue weighted by Gasteiger charge is -2.32. The van der Waals surface area contributed by atoms with Gasteiger partial charge in [0.1, 0.15) is 0 Å². The van der Waals surface area contributed by atoms with Gasteiger partial charge >= 0.3 is 0 Å². The predicted molar refractivity (Wildman–Crippen MR) is 109 cm³/mol. The first-order chi connectivity index (χ1) is 13.2. The first-order valence-corrected chi connectivity index (χ1v) is 9.49. The Kier molecular flexibility index (Phi) is 5.09. The highest BCUT2D eigenvalue weighted by Gasteiger charge is 2.17. The van der Waals surface area contributed by atoms with Crippen LogP contribution in [0.2, 0.25) is 0 Å². The lowest BCUT2D eigenvalue weighted by molar-refractivity contribution is 0.150. The SMILES string of the molecule is COc1cc2c(-c3ccc[nH]3)cn(CCN3CCN(C)CC3)c2cc1OC. The van der Waals surface area contributed by atoms with E-state index in [0.29, 0.717) is 0 Å². The number of nitrogens with one attached hydrogen (secondary N) is 1. The molecule has 0 radical (unpaired) electrons. The number of methoxy groups -OCH3 is 2. The molecule has 2 aromatic heterocycles. The molecule has 144 valence electrons. The largest absolute Gasteiger partial charge is 0.493 e. The number of rotatable bonds is 6. The summed E-state index contributed by atoms with van der Waals surface area (Å²) in [4.78, 5) is 8.27. The molecule has 0 spiro atoms. The smallest absolute Gasteiger partial charge is 0.162 e. The van der Waals surface area contributed by atoms with E-state index in [1.54, 1.807) is 14.2 Å². The van der Waals surface area contributed by atoms with Crippen LogP contribution in [-0.4, -0.2) is 73.3 Å². The highest BCUT2D eigenvalue weighted by Crippen LogP contribution is 2.38. The Balaban J connectivity index is 1.68. The van der Waals surface area contributed by atoms with Crippen LogP contribution in [0, 0.1) is 0 Å². The molecule has 1 aromatic carbocycles. The highest BCUT2D eigenvalue weighted by atomic mass is 16.5. The zero-order valence-corrected chi connectivity index (χ0v) is 16.4. The normalized spacial score (nSPS) is 16.1. The molecular formula is C21H28N4O2. The molecule has 0 bridgehead atoms. The number of hydrogen-bond donors (Lipinski definition) is 1. The number of hydrogen-bond acceptors (Lipinski definition) is 4. The Labute approximate surface area is 160 Å². The van der Waals surface area contributed by atoms with Crippen molar-refractivity contribution in [2.45, 2.75) is 6.54 Å². The zero-order chi connectivity index (χ0) is 18.8. The van der Waals surface area contributed by atoms with Gasteiger partial charge in [-0.05, 0) is 25.2 Å². The quantitative estimate of drug-likeness (QED) is 0.727. The molecule has 1 saturated heterocycles. The van der Waals surface area contributed by atoms with Crippen LogP contribution in [0.25, 0.3) is 22.2 Å². The summed E-state index contributed by atoms with van der Waals surface area (Å²) < 4.78 is 13.4. The van der Waals surface area contributed by atoms with E-state index in [9.17, 15) is 0 Å². The third-order valence-electron chi connectivity index (χ3n) is 5.53. The number of ether oxygens (including phenoxy) is 2. The first kappa shape index (κ1) is 17.9. The Morgan fingerprint density at radius 2 is 1.74 bits per heavy atom. The summed E-state index contributed by atoms with van der Waals surface area (Å²) in [6.07, 6.45) is 4.20. The topological polar surface area (TPSA) is 45.7 Å². The van der Waals surface area contributed by atoms with Crippen molar-refractivity contribution in [1.29, 1.82) is 0 Å². The lowest BCUT2D eigenvalue weighted by Crippen LogP contribution is -2.45. The number of benzene rings is 1. The third-order valence-corrected chi connectivity index (χ3v) is 5.53. The molecule has 0 saturated carbocycles. The minimum absolute atomic E-state index is 0.759. The van der Waals surface area contributed by atoms with Crippen LogP contribution in [0.5, 0.6) is 11.5 Å².